The summed E-state index contributed by atoms with van der Waals surface area (Å²) >= 11 is 0. The summed E-state index contributed by atoms with van der Waals surface area (Å²) in [4.78, 5) is 50.5. The molecule has 0 spiro atoms. The van der Waals surface area contributed by atoms with Crippen LogP contribution in [0.5, 0.6) is 5.88 Å². The van der Waals surface area contributed by atoms with Gasteiger partial charge in [0.25, 0.3) is 11.8 Å². The second-order valence-corrected chi connectivity index (χ2v) is 9.52. The topological polar surface area (TPSA) is 214 Å². The third kappa shape index (κ3) is 6.70. The highest BCUT2D eigenvalue weighted by Gasteiger charge is 2.28. The van der Waals surface area contributed by atoms with Crippen molar-refractivity contribution in [1.82, 2.24) is 20.3 Å². The predicted octanol–water partition coefficient (Wildman–Crippen LogP) is 1.92. The maximum absolute atomic E-state index is 13.2. The lowest BCUT2D eigenvalue weighted by molar-refractivity contribution is 0.0690. The van der Waals surface area contributed by atoms with E-state index in [1.165, 1.54) is 49.7 Å². The van der Waals surface area contributed by atoms with Crippen LogP contribution < -0.4 is 21.1 Å². The van der Waals surface area contributed by atoms with Gasteiger partial charge in [-0.2, -0.15) is 0 Å². The molecule has 0 saturated heterocycles. The summed E-state index contributed by atoms with van der Waals surface area (Å²) in [6.07, 6.45) is 1.31. The van der Waals surface area contributed by atoms with Crippen LogP contribution in [0.4, 0.5) is 5.69 Å². The van der Waals surface area contributed by atoms with Crippen LogP contribution in [0.2, 0.25) is 0 Å². The Balaban J connectivity index is 2.02. The summed E-state index contributed by atoms with van der Waals surface area (Å²) in [7, 11) is 1.36. The Bertz CT molecular complexity index is 1420. The van der Waals surface area contributed by atoms with Gasteiger partial charge in [-0.15, -0.1) is 0 Å². The maximum atomic E-state index is 13.2. The van der Waals surface area contributed by atoms with Crippen LogP contribution in [-0.4, -0.2) is 68.5 Å². The van der Waals surface area contributed by atoms with E-state index in [0.717, 1.165) is 0 Å². The number of aliphatic hydroxyl groups is 1. The molecule has 39 heavy (non-hydrogen) atoms. The number of aromatic carboxylic acids is 1. The van der Waals surface area contributed by atoms with Crippen molar-refractivity contribution in [3.8, 4) is 17.0 Å². The highest BCUT2D eigenvalue weighted by atomic mass is 16.5. The van der Waals surface area contributed by atoms with E-state index in [1.54, 1.807) is 0 Å². The van der Waals surface area contributed by atoms with Gasteiger partial charge >= 0.3 is 5.97 Å². The molecule has 0 unspecified atom stereocenters. The highest BCUT2D eigenvalue weighted by Crippen LogP contribution is 2.29. The number of carboxylic acids is 1. The summed E-state index contributed by atoms with van der Waals surface area (Å²) in [5.41, 5.74) is 4.80. The number of amides is 2. The number of nitrogens with zero attached hydrogens (tertiary/aromatic N) is 3. The van der Waals surface area contributed by atoms with Gasteiger partial charge in [0.15, 0.2) is 5.69 Å². The van der Waals surface area contributed by atoms with Gasteiger partial charge in [-0.1, -0.05) is 20.8 Å². The van der Waals surface area contributed by atoms with Gasteiger partial charge in [-0.3, -0.25) is 20.0 Å². The normalized spacial score (nSPS) is 11.8. The molecule has 204 valence electrons. The Kier molecular flexibility index (Phi) is 8.56. The van der Waals surface area contributed by atoms with Crippen molar-refractivity contribution in [1.29, 1.82) is 5.41 Å². The van der Waals surface area contributed by atoms with E-state index >= 15 is 0 Å². The molecule has 0 aromatic carbocycles. The largest absolute Gasteiger partial charge is 0.481 e. The predicted molar refractivity (Wildman–Crippen MR) is 142 cm³/mol. The fourth-order valence-electron chi connectivity index (χ4n) is 3.50. The van der Waals surface area contributed by atoms with Gasteiger partial charge in [0, 0.05) is 17.2 Å². The second kappa shape index (κ2) is 11.6. The Hall–Kier alpha value is -4.91. The Morgan fingerprint density at radius 3 is 2.18 bits per heavy atom. The third-order valence-electron chi connectivity index (χ3n) is 5.75. The molecule has 0 aliphatic carbocycles. The number of pyridine rings is 3. The van der Waals surface area contributed by atoms with Crippen molar-refractivity contribution in [2.45, 2.75) is 26.8 Å². The van der Waals surface area contributed by atoms with E-state index < -0.39 is 34.9 Å². The van der Waals surface area contributed by atoms with E-state index in [9.17, 15) is 24.6 Å². The van der Waals surface area contributed by atoms with Gasteiger partial charge < -0.3 is 31.3 Å². The van der Waals surface area contributed by atoms with Gasteiger partial charge in [-0.25, -0.2) is 14.8 Å². The zero-order valence-corrected chi connectivity index (χ0v) is 21.8. The maximum Gasteiger partial charge on any atom is 0.355 e. The molecule has 0 bridgehead atoms. The molecule has 2 amide bonds. The van der Waals surface area contributed by atoms with Gasteiger partial charge in [-0.05, 0) is 35.7 Å². The van der Waals surface area contributed by atoms with Crippen LogP contribution in [-0.2, 0) is 0 Å². The number of aromatic nitrogens is 3. The Morgan fingerprint density at radius 2 is 1.64 bits per heavy atom. The molecule has 7 N–H and O–H groups in total. The van der Waals surface area contributed by atoms with Crippen molar-refractivity contribution in [2.24, 2.45) is 11.1 Å². The molecule has 3 aromatic heterocycles. The van der Waals surface area contributed by atoms with Crippen LogP contribution in [0.15, 0.2) is 42.6 Å². The summed E-state index contributed by atoms with van der Waals surface area (Å²) in [6.45, 7) is 5.20. The lowest BCUT2D eigenvalue weighted by Gasteiger charge is -2.29. The summed E-state index contributed by atoms with van der Waals surface area (Å²) in [5, 5.41) is 32.3. The highest BCUT2D eigenvalue weighted by molar-refractivity contribution is 6.09. The molecule has 3 heterocycles. The Morgan fingerprint density at radius 1 is 1.00 bits per heavy atom. The van der Waals surface area contributed by atoms with Gasteiger partial charge in [0.2, 0.25) is 5.88 Å². The molecule has 0 fully saturated rings. The molecule has 0 aliphatic heterocycles. The Labute approximate surface area is 224 Å². The van der Waals surface area contributed by atoms with Gasteiger partial charge in [0.05, 0.1) is 31.6 Å². The first-order chi connectivity index (χ1) is 18.3. The van der Waals surface area contributed by atoms with Crippen molar-refractivity contribution in [3.05, 3.63) is 65.4 Å². The number of hydrogen-bond donors (Lipinski definition) is 6. The number of ether oxygens (including phenoxy) is 1. The average molecular weight is 536 g/mol. The summed E-state index contributed by atoms with van der Waals surface area (Å²) in [6, 6.07) is 7.95. The molecule has 13 heteroatoms. The standard InChI is InChI=1S/C26H29N7O6/c1-26(2,3)18(12-34)32-23(35)17-9-6-15(21(31-17)25(37)38)14-7-10-19(39-4)33-20(14)24(36)30-13-5-8-16(22(27)28)29-11-13/h5-11,18,34H,12H2,1-4H3,(H3,27,28)(H,30,36)(H,32,35)(H,37,38)/t18-/m1/s1. The first-order valence-electron chi connectivity index (χ1n) is 11.7. The number of aliphatic hydroxyl groups excluding tert-OH is 1. The van der Waals surface area contributed by atoms with E-state index in [2.05, 4.69) is 25.6 Å². The van der Waals surface area contributed by atoms with Gasteiger partial charge in [0.1, 0.15) is 22.9 Å². The molecular weight excluding hydrogens is 506 g/mol. The number of rotatable bonds is 9. The minimum absolute atomic E-state index is 0.0407. The molecular formula is C26H29N7O6. The van der Waals surface area contributed by atoms with E-state index in [4.69, 9.17) is 15.9 Å². The lowest BCUT2D eigenvalue weighted by Crippen LogP contribution is -2.46. The van der Waals surface area contributed by atoms with Crippen molar-refractivity contribution in [3.63, 3.8) is 0 Å². The van der Waals surface area contributed by atoms with E-state index in [-0.39, 0.29) is 52.2 Å². The van der Waals surface area contributed by atoms with Crippen molar-refractivity contribution < 1.29 is 29.3 Å². The van der Waals surface area contributed by atoms with Crippen molar-refractivity contribution in [2.75, 3.05) is 19.0 Å². The fraction of sp³-hybridized carbons (Fsp3) is 0.269. The molecule has 1 atom stereocenters. The third-order valence-corrected chi connectivity index (χ3v) is 5.75. The van der Waals surface area contributed by atoms with Crippen LogP contribution in [0.1, 0.15) is 57.9 Å². The van der Waals surface area contributed by atoms with E-state index in [0.29, 0.717) is 0 Å². The average Bonchev–Trinajstić information content (AvgIpc) is 2.90. The monoisotopic (exact) mass is 535 g/mol. The SMILES string of the molecule is COc1ccc(-c2ccc(C(=O)N[C@H](CO)C(C)(C)C)nc2C(=O)O)c(C(=O)Nc2ccc(C(=N)N)nc2)n1. The number of carbonyl (C=O) groups is 3. The molecule has 13 nitrogen and oxygen atoms in total. The molecule has 3 rings (SSSR count). The number of amidine groups is 1. The zero-order chi connectivity index (χ0) is 28.9. The number of nitrogens with one attached hydrogen (secondary N) is 3. The lowest BCUT2D eigenvalue weighted by atomic mass is 9.87. The molecule has 3 aromatic rings. The zero-order valence-electron chi connectivity index (χ0n) is 21.8. The van der Waals surface area contributed by atoms with Crippen molar-refractivity contribution >= 4 is 29.3 Å². The number of hydrogen-bond acceptors (Lipinski definition) is 9. The van der Waals surface area contributed by atoms with Crippen LogP contribution in [0.3, 0.4) is 0 Å². The quantitative estimate of drug-likeness (QED) is 0.173. The second-order valence-electron chi connectivity index (χ2n) is 9.52. The van der Waals surface area contributed by atoms with E-state index in [1.807, 2.05) is 20.8 Å². The number of anilines is 1. The van der Waals surface area contributed by atoms with Crippen LogP contribution in [0, 0.1) is 10.8 Å². The number of nitrogen functional groups attached to an aromatic ring is 1. The number of methoxy groups -OCH3 is 1. The first kappa shape index (κ1) is 28.7. The van der Waals surface area contributed by atoms with Crippen LogP contribution in [0.25, 0.3) is 11.1 Å². The number of nitrogens with two attached hydrogens (primary N) is 1. The fourth-order valence-corrected chi connectivity index (χ4v) is 3.50. The number of carboxylic acid groups (broad SMARTS) is 1. The minimum Gasteiger partial charge on any atom is -0.481 e. The smallest absolute Gasteiger partial charge is 0.355 e. The summed E-state index contributed by atoms with van der Waals surface area (Å²) in [5.74, 6) is -2.92. The van der Waals surface area contributed by atoms with Crippen LogP contribution >= 0.6 is 0 Å². The molecule has 0 aliphatic rings. The molecule has 0 radical (unpaired) electrons. The number of carbonyl (C=O) groups excluding carboxylic acids is 2. The molecule has 0 saturated carbocycles. The summed E-state index contributed by atoms with van der Waals surface area (Å²) < 4.78 is 5.15. The minimum atomic E-state index is -1.43. The first-order valence-corrected chi connectivity index (χ1v) is 11.7.